The number of nitrogens with one attached hydrogen (secondary N) is 2. The first-order valence-electron chi connectivity index (χ1n) is 13.6. The number of halogens is 1. The number of nitrogens with zero attached hydrogens (tertiary/aromatic N) is 4. The molecule has 0 amide bonds. The van der Waals surface area contributed by atoms with Crippen molar-refractivity contribution < 1.29 is 0 Å². The van der Waals surface area contributed by atoms with Crippen LogP contribution in [0.2, 0.25) is 0 Å². The van der Waals surface area contributed by atoms with E-state index in [-0.39, 0.29) is 24.3 Å². The van der Waals surface area contributed by atoms with Gasteiger partial charge in [0.25, 0.3) is 0 Å². The highest BCUT2D eigenvalue weighted by Crippen LogP contribution is 2.14. The SMILES string of the molecule is CCCCCC(CC)CN=C(N)NC(N)=NCCCCN=C(N)NC(N)=NCC(CC)CCCC.Cl. The molecule has 2 atom stereocenters. The van der Waals surface area contributed by atoms with Crippen molar-refractivity contribution in [1.29, 1.82) is 0 Å². The maximum absolute atomic E-state index is 5.94. The molecule has 0 bridgehead atoms. The van der Waals surface area contributed by atoms with Gasteiger partial charge in [0.1, 0.15) is 0 Å². The fourth-order valence-corrected chi connectivity index (χ4v) is 3.52. The van der Waals surface area contributed by atoms with Gasteiger partial charge in [0.15, 0.2) is 23.8 Å². The Labute approximate surface area is 226 Å². The van der Waals surface area contributed by atoms with Crippen LogP contribution in [0.5, 0.6) is 0 Å². The minimum absolute atomic E-state index is 0. The van der Waals surface area contributed by atoms with E-state index in [2.05, 4.69) is 58.3 Å². The van der Waals surface area contributed by atoms with E-state index in [1.54, 1.807) is 0 Å². The van der Waals surface area contributed by atoms with Crippen LogP contribution < -0.4 is 33.6 Å². The number of unbranched alkanes of at least 4 members (excludes halogenated alkanes) is 4. The minimum atomic E-state index is 0. The third-order valence-corrected chi connectivity index (χ3v) is 6.02. The molecule has 0 heterocycles. The van der Waals surface area contributed by atoms with Gasteiger partial charge in [-0.05, 0) is 37.5 Å². The van der Waals surface area contributed by atoms with Crippen molar-refractivity contribution in [3.05, 3.63) is 0 Å². The molecule has 0 aromatic carbocycles. The fraction of sp³-hybridized carbons (Fsp3) is 0.840. The summed E-state index contributed by atoms with van der Waals surface area (Å²) in [6, 6.07) is 0. The molecule has 11 heteroatoms. The topological polar surface area (TPSA) is 178 Å². The molecule has 0 rings (SSSR count). The average Bonchev–Trinajstić information content (AvgIpc) is 2.83. The van der Waals surface area contributed by atoms with Crippen molar-refractivity contribution in [1.82, 2.24) is 10.6 Å². The molecular formula is C25H55ClN10. The molecule has 0 radical (unpaired) electrons. The molecule has 212 valence electrons. The van der Waals surface area contributed by atoms with E-state index in [0.717, 1.165) is 25.7 Å². The lowest BCUT2D eigenvalue weighted by Crippen LogP contribution is -2.42. The van der Waals surface area contributed by atoms with Crippen LogP contribution in [0.15, 0.2) is 20.0 Å². The Morgan fingerprint density at radius 1 is 0.556 bits per heavy atom. The lowest BCUT2D eigenvalue weighted by Gasteiger charge is -2.12. The summed E-state index contributed by atoms with van der Waals surface area (Å²) in [5, 5.41) is 5.72. The summed E-state index contributed by atoms with van der Waals surface area (Å²) in [4.78, 5) is 17.4. The van der Waals surface area contributed by atoms with Crippen LogP contribution >= 0.6 is 12.4 Å². The van der Waals surface area contributed by atoms with Gasteiger partial charge in [-0.15, -0.1) is 12.4 Å². The summed E-state index contributed by atoms with van der Waals surface area (Å²) in [6.07, 6.45) is 12.4. The smallest absolute Gasteiger partial charge is 0.195 e. The number of hydrogen-bond acceptors (Lipinski definition) is 4. The Kier molecular flexibility index (Phi) is 24.4. The van der Waals surface area contributed by atoms with E-state index in [9.17, 15) is 0 Å². The van der Waals surface area contributed by atoms with Crippen LogP contribution in [0, 0.1) is 11.8 Å². The minimum Gasteiger partial charge on any atom is -0.370 e. The number of hydrogen-bond donors (Lipinski definition) is 6. The van der Waals surface area contributed by atoms with Crippen LogP contribution in [0.3, 0.4) is 0 Å². The molecule has 0 aromatic heterocycles. The summed E-state index contributed by atoms with van der Waals surface area (Å²) in [5.74, 6) is 2.31. The summed E-state index contributed by atoms with van der Waals surface area (Å²) in [7, 11) is 0. The predicted octanol–water partition coefficient (Wildman–Crippen LogP) is 3.45. The van der Waals surface area contributed by atoms with Crippen LogP contribution in [-0.4, -0.2) is 50.0 Å². The van der Waals surface area contributed by atoms with Crippen molar-refractivity contribution in [2.75, 3.05) is 26.2 Å². The normalized spacial score (nSPS) is 14.8. The van der Waals surface area contributed by atoms with Crippen molar-refractivity contribution in [3.63, 3.8) is 0 Å². The second-order valence-electron chi connectivity index (χ2n) is 9.13. The first kappa shape index (κ1) is 35.9. The zero-order chi connectivity index (χ0) is 26.3. The summed E-state index contributed by atoms with van der Waals surface area (Å²) in [5.41, 5.74) is 23.7. The van der Waals surface area contributed by atoms with Gasteiger partial charge in [-0.25, -0.2) is 0 Å². The Hall–Kier alpha value is -2.23. The third-order valence-electron chi connectivity index (χ3n) is 6.02. The fourth-order valence-electron chi connectivity index (χ4n) is 3.52. The van der Waals surface area contributed by atoms with Crippen molar-refractivity contribution in [2.45, 2.75) is 98.3 Å². The standard InChI is InChI=1S/C25H54N10.ClH/c1-5-9-11-15-21(8-4)19-33-25(29)35-23(27)31-17-13-12-16-30-22(26)34-24(28)32-18-20(7-3)14-10-6-2;/h20-21H,5-19H2,1-4H3,(H5,26,28,30,32,34)(H5,27,29,31,33,35);1H. The van der Waals surface area contributed by atoms with E-state index in [0.29, 0.717) is 49.9 Å². The second-order valence-corrected chi connectivity index (χ2v) is 9.13. The molecule has 0 saturated heterocycles. The molecule has 0 aliphatic heterocycles. The summed E-state index contributed by atoms with van der Waals surface area (Å²) in [6.45, 7) is 11.4. The second kappa shape index (κ2) is 24.5. The molecule has 2 unspecified atom stereocenters. The molecule has 0 aromatic rings. The van der Waals surface area contributed by atoms with E-state index in [1.807, 2.05) is 0 Å². The van der Waals surface area contributed by atoms with Crippen LogP contribution in [0.25, 0.3) is 0 Å². The maximum atomic E-state index is 5.94. The Morgan fingerprint density at radius 3 is 1.33 bits per heavy atom. The highest BCUT2D eigenvalue weighted by atomic mass is 35.5. The Bertz CT molecular complexity index is 649. The Morgan fingerprint density at radius 2 is 0.944 bits per heavy atom. The van der Waals surface area contributed by atoms with Gasteiger partial charge < -0.3 is 22.9 Å². The van der Waals surface area contributed by atoms with Gasteiger partial charge in [-0.1, -0.05) is 72.6 Å². The van der Waals surface area contributed by atoms with Gasteiger partial charge in [0, 0.05) is 26.2 Å². The van der Waals surface area contributed by atoms with Gasteiger partial charge in [-0.3, -0.25) is 30.6 Å². The zero-order valence-electron chi connectivity index (χ0n) is 23.3. The monoisotopic (exact) mass is 530 g/mol. The number of rotatable bonds is 18. The third kappa shape index (κ3) is 21.1. The molecular weight excluding hydrogens is 476 g/mol. The predicted molar refractivity (Wildman–Crippen MR) is 160 cm³/mol. The van der Waals surface area contributed by atoms with Crippen molar-refractivity contribution >= 4 is 36.2 Å². The molecule has 10 nitrogen and oxygen atoms in total. The lowest BCUT2D eigenvalue weighted by atomic mass is 9.99. The largest absolute Gasteiger partial charge is 0.370 e. The summed E-state index contributed by atoms with van der Waals surface area (Å²) >= 11 is 0. The van der Waals surface area contributed by atoms with Crippen LogP contribution in [-0.2, 0) is 0 Å². The maximum Gasteiger partial charge on any atom is 0.195 e. The molecule has 0 spiro atoms. The first-order chi connectivity index (χ1) is 16.9. The average molecular weight is 531 g/mol. The van der Waals surface area contributed by atoms with E-state index in [4.69, 9.17) is 22.9 Å². The number of nitrogens with two attached hydrogens (primary N) is 4. The molecule has 0 fully saturated rings. The molecule has 0 saturated carbocycles. The first-order valence-corrected chi connectivity index (χ1v) is 13.6. The Balaban J connectivity index is 0. The van der Waals surface area contributed by atoms with Gasteiger partial charge in [0.05, 0.1) is 0 Å². The zero-order valence-corrected chi connectivity index (χ0v) is 24.1. The van der Waals surface area contributed by atoms with Gasteiger partial charge in [0.2, 0.25) is 0 Å². The van der Waals surface area contributed by atoms with Crippen molar-refractivity contribution in [2.24, 2.45) is 54.7 Å². The van der Waals surface area contributed by atoms with E-state index >= 15 is 0 Å². The van der Waals surface area contributed by atoms with Crippen molar-refractivity contribution in [3.8, 4) is 0 Å². The number of aliphatic imine (C=N–C) groups is 4. The van der Waals surface area contributed by atoms with Crippen LogP contribution in [0.4, 0.5) is 0 Å². The van der Waals surface area contributed by atoms with Crippen LogP contribution in [0.1, 0.15) is 98.3 Å². The highest BCUT2D eigenvalue weighted by Gasteiger charge is 2.06. The quantitative estimate of drug-likeness (QED) is 0.0896. The molecule has 10 N–H and O–H groups in total. The van der Waals surface area contributed by atoms with Gasteiger partial charge in [-0.2, -0.15) is 0 Å². The lowest BCUT2D eigenvalue weighted by molar-refractivity contribution is 0.455. The summed E-state index contributed by atoms with van der Waals surface area (Å²) < 4.78 is 0. The highest BCUT2D eigenvalue weighted by molar-refractivity contribution is 5.97. The molecule has 0 aliphatic rings. The van der Waals surface area contributed by atoms with E-state index in [1.165, 1.54) is 44.9 Å². The number of guanidine groups is 4. The van der Waals surface area contributed by atoms with E-state index < -0.39 is 0 Å². The molecule has 0 aliphatic carbocycles. The van der Waals surface area contributed by atoms with Gasteiger partial charge >= 0.3 is 0 Å². The molecule has 36 heavy (non-hydrogen) atoms.